The topological polar surface area (TPSA) is 42.0 Å². The highest BCUT2D eigenvalue weighted by atomic mass is 32.2. The van der Waals surface area contributed by atoms with Crippen molar-refractivity contribution in [3.05, 3.63) is 96.3 Å². The minimum atomic E-state index is -0.140. The lowest BCUT2D eigenvalue weighted by atomic mass is 10.2. The number of carbonyl (C=O) groups excluding carboxylic acids is 1. The number of aromatic nitrogens is 1. The van der Waals surface area contributed by atoms with Gasteiger partial charge in [-0.3, -0.25) is 9.78 Å². The van der Waals surface area contributed by atoms with Gasteiger partial charge in [0.25, 0.3) is 0 Å². The molecule has 0 spiro atoms. The van der Waals surface area contributed by atoms with Crippen LogP contribution in [-0.2, 0) is 10.5 Å². The zero-order valence-corrected chi connectivity index (χ0v) is 14.4. The van der Waals surface area contributed by atoms with Crippen LogP contribution in [0.2, 0.25) is 0 Å². The average Bonchev–Trinajstić information content (AvgIpc) is 2.67. The van der Waals surface area contributed by atoms with Crippen LogP contribution in [0.3, 0.4) is 0 Å². The van der Waals surface area contributed by atoms with Crippen molar-refractivity contribution in [2.45, 2.75) is 10.6 Å². The Morgan fingerprint density at radius 1 is 1.00 bits per heavy atom. The maximum absolute atomic E-state index is 12.2. The second-order valence-electron chi connectivity index (χ2n) is 5.38. The van der Waals surface area contributed by atoms with Crippen molar-refractivity contribution < 1.29 is 4.79 Å². The van der Waals surface area contributed by atoms with Gasteiger partial charge in [-0.2, -0.15) is 0 Å². The molecule has 0 unspecified atom stereocenters. The van der Waals surface area contributed by atoms with Crippen molar-refractivity contribution in [3.63, 3.8) is 0 Å². The van der Waals surface area contributed by atoms with Gasteiger partial charge in [0.2, 0.25) is 5.91 Å². The first-order valence-corrected chi connectivity index (χ1v) is 8.95. The van der Waals surface area contributed by atoms with Crippen LogP contribution in [-0.4, -0.2) is 10.9 Å². The Morgan fingerprint density at radius 2 is 1.80 bits per heavy atom. The van der Waals surface area contributed by atoms with Crippen molar-refractivity contribution in [2.75, 3.05) is 5.32 Å². The van der Waals surface area contributed by atoms with Crippen LogP contribution in [0.5, 0.6) is 0 Å². The molecule has 3 aromatic rings. The van der Waals surface area contributed by atoms with E-state index in [1.54, 1.807) is 30.1 Å². The Morgan fingerprint density at radius 3 is 2.60 bits per heavy atom. The van der Waals surface area contributed by atoms with Crippen molar-refractivity contribution in [3.8, 4) is 0 Å². The van der Waals surface area contributed by atoms with Crippen LogP contribution in [0.25, 0.3) is 6.08 Å². The fourth-order valence-electron chi connectivity index (χ4n) is 2.25. The van der Waals surface area contributed by atoms with Gasteiger partial charge in [-0.1, -0.05) is 48.5 Å². The summed E-state index contributed by atoms with van der Waals surface area (Å²) in [7, 11) is 0. The largest absolute Gasteiger partial charge is 0.321 e. The van der Waals surface area contributed by atoms with Gasteiger partial charge in [-0.25, -0.2) is 0 Å². The van der Waals surface area contributed by atoms with Crippen molar-refractivity contribution >= 4 is 29.4 Å². The third-order valence-corrected chi connectivity index (χ3v) is 4.63. The second-order valence-corrected chi connectivity index (χ2v) is 6.40. The second kappa shape index (κ2) is 8.85. The van der Waals surface area contributed by atoms with E-state index in [1.807, 2.05) is 72.9 Å². The van der Waals surface area contributed by atoms with E-state index >= 15 is 0 Å². The molecule has 0 saturated heterocycles. The molecule has 124 valence electrons. The Hall–Kier alpha value is -2.85. The summed E-state index contributed by atoms with van der Waals surface area (Å²) < 4.78 is 0. The highest BCUT2D eigenvalue weighted by Gasteiger charge is 2.05. The molecule has 0 aliphatic rings. The number of thioether (sulfide) groups is 1. The number of rotatable bonds is 6. The molecule has 1 aromatic heterocycles. The van der Waals surface area contributed by atoms with Crippen molar-refractivity contribution in [1.29, 1.82) is 0 Å². The molecule has 1 amide bonds. The molecule has 0 fully saturated rings. The molecular weight excluding hydrogens is 328 g/mol. The average molecular weight is 346 g/mol. The lowest BCUT2D eigenvalue weighted by Gasteiger charge is -2.09. The Bertz CT molecular complexity index is 848. The molecule has 0 radical (unpaired) electrons. The molecule has 0 aliphatic carbocycles. The summed E-state index contributed by atoms with van der Waals surface area (Å²) in [6, 6.07) is 21.6. The quantitative estimate of drug-likeness (QED) is 0.503. The van der Waals surface area contributed by atoms with Gasteiger partial charge in [0.1, 0.15) is 0 Å². The fourth-order valence-corrected chi connectivity index (χ4v) is 3.19. The first-order valence-electron chi connectivity index (χ1n) is 7.96. The third kappa shape index (κ3) is 5.33. The molecule has 4 heteroatoms. The number of anilines is 1. The predicted molar refractivity (Wildman–Crippen MR) is 104 cm³/mol. The zero-order valence-electron chi connectivity index (χ0n) is 13.6. The highest BCUT2D eigenvalue weighted by molar-refractivity contribution is 7.98. The lowest BCUT2D eigenvalue weighted by molar-refractivity contribution is -0.111. The molecular formula is C21H18N2OS. The number of amides is 1. The van der Waals surface area contributed by atoms with Crippen molar-refractivity contribution in [2.24, 2.45) is 0 Å². The van der Waals surface area contributed by atoms with Crippen LogP contribution in [0, 0.1) is 0 Å². The summed E-state index contributed by atoms with van der Waals surface area (Å²) in [5.41, 5.74) is 2.97. The first kappa shape index (κ1) is 17.0. The smallest absolute Gasteiger partial charge is 0.248 e. The number of carbonyl (C=O) groups is 1. The molecule has 0 bridgehead atoms. The highest BCUT2D eigenvalue weighted by Crippen LogP contribution is 2.29. The minimum absolute atomic E-state index is 0.140. The van der Waals surface area contributed by atoms with Crippen LogP contribution >= 0.6 is 11.8 Å². The van der Waals surface area contributed by atoms with Gasteiger partial charge < -0.3 is 5.32 Å². The number of nitrogens with one attached hydrogen (secondary N) is 1. The van der Waals surface area contributed by atoms with E-state index in [0.717, 1.165) is 27.5 Å². The SMILES string of the molecule is O=C(/C=C/c1ccccc1)Nc1ccccc1SCc1cccnc1. The molecule has 1 N–H and O–H groups in total. The molecule has 0 saturated carbocycles. The standard InChI is InChI=1S/C21H18N2OS/c24-21(13-12-17-7-2-1-3-8-17)23-19-10-4-5-11-20(19)25-16-18-9-6-14-22-15-18/h1-15H,16H2,(H,23,24)/b13-12+. The third-order valence-electron chi connectivity index (χ3n) is 3.49. The maximum Gasteiger partial charge on any atom is 0.248 e. The summed E-state index contributed by atoms with van der Waals surface area (Å²) in [5, 5.41) is 2.95. The van der Waals surface area contributed by atoms with E-state index in [1.165, 1.54) is 0 Å². The number of pyridine rings is 1. The summed E-state index contributed by atoms with van der Waals surface area (Å²) in [5.74, 6) is 0.666. The zero-order chi connectivity index (χ0) is 17.3. The van der Waals surface area contributed by atoms with Gasteiger partial charge in [0.15, 0.2) is 0 Å². The van der Waals surface area contributed by atoms with Crippen LogP contribution in [0.15, 0.2) is 90.1 Å². The summed E-state index contributed by atoms with van der Waals surface area (Å²) in [6.07, 6.45) is 6.98. The lowest BCUT2D eigenvalue weighted by Crippen LogP contribution is -2.08. The molecule has 2 aromatic carbocycles. The molecule has 0 aliphatic heterocycles. The van der Waals surface area contributed by atoms with E-state index in [2.05, 4.69) is 10.3 Å². The predicted octanol–water partition coefficient (Wildman–Crippen LogP) is 5.03. The van der Waals surface area contributed by atoms with Gasteiger partial charge in [-0.15, -0.1) is 11.8 Å². The summed E-state index contributed by atoms with van der Waals surface area (Å²) >= 11 is 1.68. The van der Waals surface area contributed by atoms with Crippen LogP contribution in [0.1, 0.15) is 11.1 Å². The molecule has 0 atom stereocenters. The number of para-hydroxylation sites is 1. The number of hydrogen-bond acceptors (Lipinski definition) is 3. The Kier molecular flexibility index (Phi) is 6.01. The normalized spacial score (nSPS) is 10.7. The maximum atomic E-state index is 12.2. The molecule has 3 rings (SSSR count). The summed E-state index contributed by atoms with van der Waals surface area (Å²) in [6.45, 7) is 0. The summed E-state index contributed by atoms with van der Waals surface area (Å²) in [4.78, 5) is 17.4. The first-order chi connectivity index (χ1) is 12.3. The van der Waals surface area contributed by atoms with Crippen molar-refractivity contribution in [1.82, 2.24) is 4.98 Å². The molecule has 3 nitrogen and oxygen atoms in total. The Balaban J connectivity index is 1.64. The van der Waals surface area contributed by atoms with Gasteiger partial charge in [-0.05, 0) is 35.4 Å². The van der Waals surface area contributed by atoms with E-state index in [-0.39, 0.29) is 5.91 Å². The molecule has 1 heterocycles. The number of nitrogens with zero attached hydrogens (tertiary/aromatic N) is 1. The van der Waals surface area contributed by atoms with E-state index in [0.29, 0.717) is 0 Å². The van der Waals surface area contributed by atoms with Gasteiger partial charge >= 0.3 is 0 Å². The molecule has 25 heavy (non-hydrogen) atoms. The van der Waals surface area contributed by atoms with E-state index in [4.69, 9.17) is 0 Å². The van der Waals surface area contributed by atoms with Crippen LogP contribution < -0.4 is 5.32 Å². The van der Waals surface area contributed by atoms with Gasteiger partial charge in [0, 0.05) is 29.1 Å². The van der Waals surface area contributed by atoms with Crippen LogP contribution in [0.4, 0.5) is 5.69 Å². The fraction of sp³-hybridized carbons (Fsp3) is 0.0476. The van der Waals surface area contributed by atoms with E-state index in [9.17, 15) is 4.79 Å². The van der Waals surface area contributed by atoms with Gasteiger partial charge in [0.05, 0.1) is 5.69 Å². The monoisotopic (exact) mass is 346 g/mol. The number of benzene rings is 2. The minimum Gasteiger partial charge on any atom is -0.321 e. The Labute approximate surface area is 151 Å². The van der Waals surface area contributed by atoms with E-state index < -0.39 is 0 Å². The number of hydrogen-bond donors (Lipinski definition) is 1.